The Hall–Kier alpha value is -1.42. The molecule has 0 heterocycles. The second kappa shape index (κ2) is 4.45. The highest BCUT2D eigenvalue weighted by atomic mass is 32.2. The Morgan fingerprint density at radius 2 is 2.18 bits per heavy atom. The summed E-state index contributed by atoms with van der Waals surface area (Å²) in [7, 11) is -3.66. The maximum absolute atomic E-state index is 11.5. The van der Waals surface area contributed by atoms with E-state index in [1.165, 1.54) is 0 Å². The third-order valence-corrected chi connectivity index (χ3v) is 3.89. The van der Waals surface area contributed by atoms with Gasteiger partial charge in [-0.2, -0.15) is 5.26 Å². The van der Waals surface area contributed by atoms with Crippen molar-refractivity contribution in [3.8, 4) is 6.07 Å². The van der Waals surface area contributed by atoms with Crippen molar-refractivity contribution in [3.63, 3.8) is 0 Å². The molecule has 0 fully saturated rings. The van der Waals surface area contributed by atoms with Gasteiger partial charge < -0.3 is 5.11 Å². The molecule has 2 atom stereocenters. The van der Waals surface area contributed by atoms with Crippen LogP contribution in [0.1, 0.15) is 17.2 Å². The highest BCUT2D eigenvalue weighted by molar-refractivity contribution is 7.89. The molecule has 0 amide bonds. The number of nitrogens with zero attached hydrogens (tertiary/aromatic N) is 1. The van der Waals surface area contributed by atoms with Crippen LogP contribution in [-0.2, 0) is 16.4 Å². The zero-order chi connectivity index (χ0) is 12.5. The van der Waals surface area contributed by atoms with Crippen molar-refractivity contribution >= 4 is 10.0 Å². The summed E-state index contributed by atoms with van der Waals surface area (Å²) in [5.41, 5.74) is 1.71. The van der Waals surface area contributed by atoms with Crippen LogP contribution in [0.15, 0.2) is 24.3 Å². The van der Waals surface area contributed by atoms with E-state index in [1.54, 1.807) is 18.2 Å². The fraction of sp³-hybridized carbons (Fsp3) is 0.364. The van der Waals surface area contributed by atoms with E-state index in [0.717, 1.165) is 11.1 Å². The number of hydrogen-bond acceptors (Lipinski definition) is 4. The smallest absolute Gasteiger partial charge is 0.225 e. The van der Waals surface area contributed by atoms with Crippen molar-refractivity contribution in [2.75, 3.05) is 5.75 Å². The van der Waals surface area contributed by atoms with Crippen LogP contribution in [0.5, 0.6) is 0 Å². The highest BCUT2D eigenvalue weighted by Crippen LogP contribution is 2.31. The van der Waals surface area contributed by atoms with Gasteiger partial charge in [0.1, 0.15) is 0 Å². The topological polar surface area (TPSA) is 90.2 Å². The molecule has 0 spiro atoms. The van der Waals surface area contributed by atoms with Crippen LogP contribution in [0.25, 0.3) is 0 Å². The zero-order valence-electron chi connectivity index (χ0n) is 9.00. The van der Waals surface area contributed by atoms with Gasteiger partial charge in [0.05, 0.1) is 18.2 Å². The molecular formula is C11H12N2O3S. The highest BCUT2D eigenvalue weighted by Gasteiger charge is 2.33. The first kappa shape index (κ1) is 12.0. The molecule has 1 aromatic carbocycles. The summed E-state index contributed by atoms with van der Waals surface area (Å²) in [5, 5.41) is 18.2. The van der Waals surface area contributed by atoms with Crippen LogP contribution in [0.2, 0.25) is 0 Å². The normalized spacial score (nSPS) is 23.1. The number of nitriles is 1. The minimum Gasteiger partial charge on any atom is -0.391 e. The van der Waals surface area contributed by atoms with E-state index in [9.17, 15) is 13.5 Å². The molecular weight excluding hydrogens is 240 g/mol. The van der Waals surface area contributed by atoms with Gasteiger partial charge in [-0.25, -0.2) is 13.1 Å². The van der Waals surface area contributed by atoms with Crippen molar-refractivity contribution in [1.82, 2.24) is 4.72 Å². The molecule has 5 nitrogen and oxygen atoms in total. The lowest BCUT2D eigenvalue weighted by atomic mass is 10.1. The van der Waals surface area contributed by atoms with Crippen LogP contribution in [-0.4, -0.2) is 25.4 Å². The number of benzene rings is 1. The Labute approximate surface area is 99.7 Å². The number of aliphatic hydroxyl groups excluding tert-OH is 1. The van der Waals surface area contributed by atoms with Gasteiger partial charge in [-0.3, -0.25) is 0 Å². The summed E-state index contributed by atoms with van der Waals surface area (Å²) < 4.78 is 25.4. The van der Waals surface area contributed by atoms with Crippen LogP contribution >= 0.6 is 0 Å². The van der Waals surface area contributed by atoms with E-state index in [2.05, 4.69) is 4.72 Å². The first-order valence-corrected chi connectivity index (χ1v) is 6.81. The lowest BCUT2D eigenvalue weighted by Crippen LogP contribution is -2.35. The second-order valence-corrected chi connectivity index (χ2v) is 5.74. The van der Waals surface area contributed by atoms with Crippen molar-refractivity contribution in [3.05, 3.63) is 35.4 Å². The molecule has 1 aliphatic carbocycles. The Morgan fingerprint density at radius 1 is 1.47 bits per heavy atom. The largest absolute Gasteiger partial charge is 0.391 e. The van der Waals surface area contributed by atoms with Crippen LogP contribution < -0.4 is 4.72 Å². The summed E-state index contributed by atoms with van der Waals surface area (Å²) in [6, 6.07) is 8.22. The quantitative estimate of drug-likeness (QED) is 0.797. The Bertz CT molecular complexity index is 562. The molecule has 0 aromatic heterocycles. The van der Waals surface area contributed by atoms with E-state index in [-0.39, 0.29) is 0 Å². The third kappa shape index (κ3) is 2.47. The molecule has 0 aliphatic heterocycles. The number of aliphatic hydroxyl groups is 1. The Kier molecular flexibility index (Phi) is 3.15. The molecule has 0 unspecified atom stereocenters. The molecule has 90 valence electrons. The van der Waals surface area contributed by atoms with E-state index in [1.807, 2.05) is 12.1 Å². The minimum absolute atomic E-state index is 0.427. The summed E-state index contributed by atoms with van der Waals surface area (Å²) >= 11 is 0. The first-order chi connectivity index (χ1) is 8.03. The fourth-order valence-corrected chi connectivity index (χ4v) is 2.96. The maximum Gasteiger partial charge on any atom is 0.225 e. The van der Waals surface area contributed by atoms with Gasteiger partial charge in [0.25, 0.3) is 0 Å². The van der Waals surface area contributed by atoms with Crippen LogP contribution in [0.4, 0.5) is 0 Å². The number of nitrogens with one attached hydrogen (secondary N) is 1. The molecule has 0 saturated carbocycles. The van der Waals surface area contributed by atoms with Gasteiger partial charge in [-0.1, -0.05) is 24.3 Å². The Balaban J connectivity index is 2.26. The predicted molar refractivity (Wildman–Crippen MR) is 61.4 cm³/mol. The van der Waals surface area contributed by atoms with E-state index < -0.39 is 27.9 Å². The Morgan fingerprint density at radius 3 is 2.88 bits per heavy atom. The van der Waals surface area contributed by atoms with Gasteiger partial charge in [0, 0.05) is 6.42 Å². The van der Waals surface area contributed by atoms with Crippen LogP contribution in [0.3, 0.4) is 0 Å². The number of sulfonamides is 1. The number of hydrogen-bond donors (Lipinski definition) is 2. The lowest BCUT2D eigenvalue weighted by Gasteiger charge is -2.16. The molecule has 0 bridgehead atoms. The average molecular weight is 252 g/mol. The third-order valence-electron chi connectivity index (χ3n) is 2.77. The molecule has 0 radical (unpaired) electrons. The monoisotopic (exact) mass is 252 g/mol. The molecule has 1 aromatic rings. The summed E-state index contributed by atoms with van der Waals surface area (Å²) in [4.78, 5) is 0. The van der Waals surface area contributed by atoms with Crippen molar-refractivity contribution < 1.29 is 13.5 Å². The first-order valence-electron chi connectivity index (χ1n) is 5.16. The SMILES string of the molecule is N#CCS(=O)(=O)N[C@@H]1c2ccccc2C[C@@H]1O. The lowest BCUT2D eigenvalue weighted by molar-refractivity contribution is 0.151. The summed E-state index contributed by atoms with van der Waals surface area (Å²) in [6.07, 6.45) is -0.350. The summed E-state index contributed by atoms with van der Waals surface area (Å²) in [5.74, 6) is -0.599. The molecule has 1 aliphatic rings. The molecule has 2 rings (SSSR count). The molecule has 17 heavy (non-hydrogen) atoms. The number of fused-ring (bicyclic) bond motifs is 1. The molecule has 0 saturated heterocycles. The minimum atomic E-state index is -3.66. The van der Waals surface area contributed by atoms with Gasteiger partial charge in [-0.05, 0) is 11.1 Å². The molecule has 6 heteroatoms. The standard InChI is InChI=1S/C11H12N2O3S/c12-5-6-17(15,16)13-11-9-4-2-1-3-8(9)7-10(11)14/h1-4,10-11,13-14H,6-7H2/t10-,11+/m0/s1. The van der Waals surface area contributed by atoms with Crippen molar-refractivity contribution in [2.24, 2.45) is 0 Å². The average Bonchev–Trinajstić information content (AvgIpc) is 2.55. The van der Waals surface area contributed by atoms with Gasteiger partial charge in [-0.15, -0.1) is 0 Å². The maximum atomic E-state index is 11.5. The van der Waals surface area contributed by atoms with Crippen molar-refractivity contribution in [1.29, 1.82) is 5.26 Å². The van der Waals surface area contributed by atoms with Crippen molar-refractivity contribution in [2.45, 2.75) is 18.6 Å². The summed E-state index contributed by atoms with van der Waals surface area (Å²) in [6.45, 7) is 0. The second-order valence-electron chi connectivity index (χ2n) is 3.98. The fourth-order valence-electron chi connectivity index (χ4n) is 2.04. The van der Waals surface area contributed by atoms with Gasteiger partial charge in [0.2, 0.25) is 10.0 Å². The zero-order valence-corrected chi connectivity index (χ0v) is 9.81. The van der Waals surface area contributed by atoms with E-state index in [4.69, 9.17) is 5.26 Å². The predicted octanol–water partition coefficient (Wildman–Crippen LogP) is 0.0877. The van der Waals surface area contributed by atoms with E-state index >= 15 is 0 Å². The van der Waals surface area contributed by atoms with E-state index in [0.29, 0.717) is 6.42 Å². The van der Waals surface area contributed by atoms with Gasteiger partial charge in [0.15, 0.2) is 5.75 Å². The number of rotatable bonds is 3. The molecule has 2 N–H and O–H groups in total. The van der Waals surface area contributed by atoms with Crippen LogP contribution in [0, 0.1) is 11.3 Å². The van der Waals surface area contributed by atoms with Gasteiger partial charge >= 0.3 is 0 Å².